The van der Waals surface area contributed by atoms with Crippen LogP contribution in [0.2, 0.25) is 0 Å². The zero-order chi connectivity index (χ0) is 12.2. The molecule has 0 saturated heterocycles. The molecule has 0 amide bonds. The van der Waals surface area contributed by atoms with Crippen LogP contribution in [0.4, 0.5) is 0 Å². The average Bonchev–Trinajstić information content (AvgIpc) is 2.26. The number of rotatable bonds is 4. The Morgan fingerprint density at radius 3 is 2.12 bits per heavy atom. The number of esters is 1. The van der Waals surface area contributed by atoms with Crippen LogP contribution in [0.25, 0.3) is 0 Å². The molecule has 0 aromatic heterocycles. The summed E-state index contributed by atoms with van der Waals surface area (Å²) in [7, 11) is 0. The molecule has 0 spiro atoms. The Morgan fingerprint density at radius 2 is 1.75 bits per heavy atom. The number of carbonyl (C=O) groups is 3. The van der Waals surface area contributed by atoms with Crippen LogP contribution in [0, 0.1) is 0 Å². The van der Waals surface area contributed by atoms with E-state index in [0.29, 0.717) is 11.8 Å². The van der Waals surface area contributed by atoms with Crippen molar-refractivity contribution in [2.45, 2.75) is 19.4 Å². The van der Waals surface area contributed by atoms with E-state index >= 15 is 0 Å². The van der Waals surface area contributed by atoms with Crippen LogP contribution in [-0.2, 0) is 24.7 Å². The molecule has 0 bridgehead atoms. The minimum Gasteiger partial charge on any atom is -0.438 e. The molecule has 1 aromatic carbocycles. The fourth-order valence-corrected chi connectivity index (χ4v) is 1.42. The smallest absolute Gasteiger partial charge is 0.304 e. The minimum absolute atomic E-state index is 0.353. The molecule has 1 aromatic rings. The highest BCUT2D eigenvalue weighted by molar-refractivity contribution is 6.02. The summed E-state index contributed by atoms with van der Waals surface area (Å²) in [6, 6.07) is 8.21. The summed E-state index contributed by atoms with van der Waals surface area (Å²) in [6.07, 6.45) is 0.353. The lowest BCUT2D eigenvalue weighted by molar-refractivity contribution is -0.168. The van der Waals surface area contributed by atoms with Crippen LogP contribution < -0.4 is 0 Å². The average molecular weight is 220 g/mol. The number of aldehydes is 1. The third kappa shape index (κ3) is 2.16. The van der Waals surface area contributed by atoms with Crippen LogP contribution in [0.3, 0.4) is 0 Å². The van der Waals surface area contributed by atoms with E-state index in [-0.39, 0.29) is 0 Å². The van der Waals surface area contributed by atoms with Crippen molar-refractivity contribution in [2.75, 3.05) is 0 Å². The van der Waals surface area contributed by atoms with E-state index in [1.807, 2.05) is 0 Å². The minimum atomic E-state index is -1.81. The van der Waals surface area contributed by atoms with Gasteiger partial charge in [-0.2, -0.15) is 0 Å². The van der Waals surface area contributed by atoms with Crippen LogP contribution in [-0.4, -0.2) is 18.0 Å². The number of hydrogen-bond acceptors (Lipinski definition) is 4. The molecule has 0 aliphatic carbocycles. The highest BCUT2D eigenvalue weighted by Crippen LogP contribution is 2.24. The van der Waals surface area contributed by atoms with Gasteiger partial charge < -0.3 is 4.74 Å². The van der Waals surface area contributed by atoms with E-state index in [4.69, 9.17) is 4.74 Å². The SMILES string of the molecule is CC(=O)OC(C=O)(C(C)=O)c1ccccc1. The molecule has 1 unspecified atom stereocenters. The first kappa shape index (κ1) is 12.1. The van der Waals surface area contributed by atoms with Crippen molar-refractivity contribution in [3.8, 4) is 0 Å². The van der Waals surface area contributed by atoms with Gasteiger partial charge >= 0.3 is 5.97 Å². The topological polar surface area (TPSA) is 60.4 Å². The third-order valence-corrected chi connectivity index (χ3v) is 2.20. The molecule has 0 aliphatic rings. The van der Waals surface area contributed by atoms with Gasteiger partial charge in [0.05, 0.1) is 0 Å². The van der Waals surface area contributed by atoms with Gasteiger partial charge in [-0.1, -0.05) is 30.3 Å². The van der Waals surface area contributed by atoms with E-state index in [1.165, 1.54) is 6.92 Å². The van der Waals surface area contributed by atoms with E-state index in [9.17, 15) is 14.4 Å². The molecular weight excluding hydrogens is 208 g/mol. The summed E-state index contributed by atoms with van der Waals surface area (Å²) in [6.45, 7) is 2.37. The monoisotopic (exact) mass is 220 g/mol. The Hall–Kier alpha value is -1.97. The normalized spacial score (nSPS) is 13.6. The zero-order valence-corrected chi connectivity index (χ0v) is 9.10. The molecule has 0 fully saturated rings. The van der Waals surface area contributed by atoms with Crippen molar-refractivity contribution in [1.29, 1.82) is 0 Å². The number of carbonyl (C=O) groups excluding carboxylic acids is 3. The van der Waals surface area contributed by atoms with Crippen molar-refractivity contribution in [3.05, 3.63) is 35.9 Å². The first-order valence-corrected chi connectivity index (χ1v) is 4.75. The molecular formula is C12H12O4. The van der Waals surface area contributed by atoms with Crippen LogP contribution in [0.5, 0.6) is 0 Å². The van der Waals surface area contributed by atoms with Crippen molar-refractivity contribution in [2.24, 2.45) is 0 Å². The largest absolute Gasteiger partial charge is 0.438 e. The number of benzene rings is 1. The highest BCUT2D eigenvalue weighted by Gasteiger charge is 2.40. The molecule has 0 heterocycles. The second kappa shape index (κ2) is 4.70. The van der Waals surface area contributed by atoms with E-state index < -0.39 is 17.4 Å². The lowest BCUT2D eigenvalue weighted by Crippen LogP contribution is -2.40. The first-order chi connectivity index (χ1) is 7.53. The number of ether oxygens (including phenoxy) is 1. The number of ketones is 1. The summed E-state index contributed by atoms with van der Waals surface area (Å²) >= 11 is 0. The van der Waals surface area contributed by atoms with E-state index in [2.05, 4.69) is 0 Å². The number of Topliss-reactive ketones (excluding diaryl/α,β-unsaturated/α-hetero) is 1. The van der Waals surface area contributed by atoms with Crippen molar-refractivity contribution in [3.63, 3.8) is 0 Å². The molecule has 0 saturated carbocycles. The summed E-state index contributed by atoms with van der Waals surface area (Å²) in [5, 5.41) is 0. The Kier molecular flexibility index (Phi) is 3.55. The van der Waals surface area contributed by atoms with Gasteiger partial charge in [0, 0.05) is 12.5 Å². The lowest BCUT2D eigenvalue weighted by atomic mass is 9.91. The predicted octanol–water partition coefficient (Wildman–Crippen LogP) is 1.23. The quantitative estimate of drug-likeness (QED) is 0.435. The Morgan fingerprint density at radius 1 is 1.19 bits per heavy atom. The molecule has 84 valence electrons. The Bertz CT molecular complexity index is 410. The van der Waals surface area contributed by atoms with Crippen LogP contribution >= 0.6 is 0 Å². The van der Waals surface area contributed by atoms with Gasteiger partial charge in [0.1, 0.15) is 0 Å². The second-order valence-corrected chi connectivity index (χ2v) is 3.37. The standard InChI is InChI=1S/C12H12O4/c1-9(14)12(8-13,16-10(2)15)11-6-4-3-5-7-11/h3-8H,1-2H3. The summed E-state index contributed by atoms with van der Waals surface area (Å²) in [5.41, 5.74) is -1.46. The van der Waals surface area contributed by atoms with Crippen molar-refractivity contribution >= 4 is 18.0 Å². The van der Waals surface area contributed by atoms with Crippen molar-refractivity contribution in [1.82, 2.24) is 0 Å². The first-order valence-electron chi connectivity index (χ1n) is 4.75. The fourth-order valence-electron chi connectivity index (χ4n) is 1.42. The van der Waals surface area contributed by atoms with Crippen LogP contribution in [0.1, 0.15) is 19.4 Å². The van der Waals surface area contributed by atoms with Crippen LogP contribution in [0.15, 0.2) is 30.3 Å². The molecule has 1 rings (SSSR count). The van der Waals surface area contributed by atoms with Crippen molar-refractivity contribution < 1.29 is 19.1 Å². The van der Waals surface area contributed by atoms with Gasteiger partial charge in [0.2, 0.25) is 5.60 Å². The molecule has 1 atom stereocenters. The van der Waals surface area contributed by atoms with Gasteiger partial charge in [0.25, 0.3) is 0 Å². The molecule has 16 heavy (non-hydrogen) atoms. The fraction of sp³-hybridized carbons (Fsp3) is 0.250. The maximum absolute atomic E-state index is 11.5. The summed E-state index contributed by atoms with van der Waals surface area (Å²) < 4.78 is 4.88. The maximum atomic E-state index is 11.5. The second-order valence-electron chi connectivity index (χ2n) is 3.37. The number of hydrogen-bond donors (Lipinski definition) is 0. The Balaban J connectivity index is 3.28. The molecule has 0 radical (unpaired) electrons. The predicted molar refractivity (Wildman–Crippen MR) is 56.6 cm³/mol. The van der Waals surface area contributed by atoms with Gasteiger partial charge in [-0.05, 0) is 6.92 Å². The van der Waals surface area contributed by atoms with Gasteiger partial charge in [-0.15, -0.1) is 0 Å². The van der Waals surface area contributed by atoms with Gasteiger partial charge in [-0.3, -0.25) is 14.4 Å². The molecule has 4 nitrogen and oxygen atoms in total. The molecule has 0 N–H and O–H groups in total. The van der Waals surface area contributed by atoms with Gasteiger partial charge in [0.15, 0.2) is 12.1 Å². The highest BCUT2D eigenvalue weighted by atomic mass is 16.6. The third-order valence-electron chi connectivity index (χ3n) is 2.20. The van der Waals surface area contributed by atoms with E-state index in [1.54, 1.807) is 30.3 Å². The Labute approximate surface area is 93.2 Å². The summed E-state index contributed by atoms with van der Waals surface area (Å²) in [5.74, 6) is -1.20. The lowest BCUT2D eigenvalue weighted by Gasteiger charge is -2.24. The maximum Gasteiger partial charge on any atom is 0.304 e. The van der Waals surface area contributed by atoms with Gasteiger partial charge in [-0.25, -0.2) is 0 Å². The summed E-state index contributed by atoms with van der Waals surface area (Å²) in [4.78, 5) is 33.6. The molecule has 4 heteroatoms. The van der Waals surface area contributed by atoms with E-state index in [0.717, 1.165) is 6.92 Å². The zero-order valence-electron chi connectivity index (χ0n) is 9.10. The molecule has 0 aliphatic heterocycles.